The van der Waals surface area contributed by atoms with Crippen LogP contribution >= 0.6 is 23.2 Å². The number of amidine groups is 1. The highest BCUT2D eigenvalue weighted by molar-refractivity contribution is 6.41. The van der Waals surface area contributed by atoms with Crippen molar-refractivity contribution in [1.29, 1.82) is 0 Å². The Kier molecular flexibility index (Phi) is 9.03. The van der Waals surface area contributed by atoms with Crippen LogP contribution in [0.1, 0.15) is 15.9 Å². The van der Waals surface area contributed by atoms with Crippen LogP contribution in [0.15, 0.2) is 53.5 Å². The molecule has 10 heteroatoms. The number of halogens is 2. The van der Waals surface area contributed by atoms with Crippen LogP contribution in [-0.2, 0) is 0 Å². The summed E-state index contributed by atoms with van der Waals surface area (Å²) in [6.07, 6.45) is 0. The van der Waals surface area contributed by atoms with Crippen molar-refractivity contribution in [3.8, 4) is 22.6 Å². The molecule has 0 radical (unpaired) electrons. The predicted molar refractivity (Wildman–Crippen MR) is 148 cm³/mol. The van der Waals surface area contributed by atoms with Crippen molar-refractivity contribution in [2.45, 2.75) is 0 Å². The first-order valence-electron chi connectivity index (χ1n) is 11.0. The zero-order valence-corrected chi connectivity index (χ0v) is 22.1. The van der Waals surface area contributed by atoms with E-state index in [4.69, 9.17) is 44.1 Å². The number of ether oxygens (including phenoxy) is 2. The van der Waals surface area contributed by atoms with E-state index in [2.05, 4.69) is 15.2 Å². The van der Waals surface area contributed by atoms with Crippen molar-refractivity contribution in [2.24, 2.45) is 10.7 Å². The number of aliphatic imine (C=N–C) groups is 1. The molecule has 0 heterocycles. The molecule has 3 aromatic rings. The molecule has 3 aromatic carbocycles. The van der Waals surface area contributed by atoms with Gasteiger partial charge in [-0.1, -0.05) is 29.3 Å². The van der Waals surface area contributed by atoms with Crippen LogP contribution in [0.5, 0.6) is 11.5 Å². The van der Waals surface area contributed by atoms with E-state index in [0.717, 1.165) is 18.8 Å². The second-order valence-electron chi connectivity index (χ2n) is 8.20. The molecule has 36 heavy (non-hydrogen) atoms. The Bertz CT molecular complexity index is 1250. The van der Waals surface area contributed by atoms with E-state index in [-0.39, 0.29) is 5.84 Å². The molecule has 190 valence electrons. The zero-order valence-electron chi connectivity index (χ0n) is 20.6. The summed E-state index contributed by atoms with van der Waals surface area (Å²) in [4.78, 5) is 18.8. The molecule has 0 bridgehead atoms. The van der Waals surface area contributed by atoms with E-state index in [9.17, 15) is 4.79 Å². The molecule has 0 aliphatic carbocycles. The Balaban J connectivity index is 1.84. The number of benzene rings is 3. The fourth-order valence-electron chi connectivity index (χ4n) is 3.48. The summed E-state index contributed by atoms with van der Waals surface area (Å²) >= 11 is 13.0. The summed E-state index contributed by atoms with van der Waals surface area (Å²) in [7, 11) is 7.01. The molecular weight excluding hydrogens is 501 g/mol. The maximum atomic E-state index is 12.7. The van der Waals surface area contributed by atoms with Gasteiger partial charge in [0.15, 0.2) is 0 Å². The average Bonchev–Trinajstić information content (AvgIpc) is 2.84. The van der Waals surface area contributed by atoms with Crippen LogP contribution in [0.2, 0.25) is 10.0 Å². The van der Waals surface area contributed by atoms with Gasteiger partial charge in [0.25, 0.3) is 5.91 Å². The van der Waals surface area contributed by atoms with Crippen LogP contribution in [-0.4, -0.2) is 58.0 Å². The van der Waals surface area contributed by atoms with Gasteiger partial charge < -0.3 is 31.2 Å². The normalized spacial score (nSPS) is 11.5. The average molecular weight is 530 g/mol. The van der Waals surface area contributed by atoms with E-state index in [1.54, 1.807) is 36.4 Å². The molecule has 0 unspecified atom stereocenters. The number of nitrogen functional groups attached to an aromatic ring is 1. The number of likely N-dealkylation sites (N-methyl/N-ethyl adjacent to an activating group) is 1. The van der Waals surface area contributed by atoms with Crippen molar-refractivity contribution in [3.05, 3.63) is 69.7 Å². The Morgan fingerprint density at radius 2 is 1.61 bits per heavy atom. The third-order valence-corrected chi connectivity index (χ3v) is 6.18. The van der Waals surface area contributed by atoms with Gasteiger partial charge in [-0.25, -0.2) is 0 Å². The smallest absolute Gasteiger partial charge is 0.278 e. The fraction of sp³-hybridized carbons (Fsp3) is 0.231. The molecule has 0 saturated carbocycles. The highest BCUT2D eigenvalue weighted by atomic mass is 35.5. The van der Waals surface area contributed by atoms with Crippen molar-refractivity contribution in [3.63, 3.8) is 0 Å². The maximum absolute atomic E-state index is 12.7. The third kappa shape index (κ3) is 6.20. The fourth-order valence-corrected chi connectivity index (χ4v) is 4.20. The van der Waals surface area contributed by atoms with Gasteiger partial charge in [-0.15, -0.1) is 0 Å². The van der Waals surface area contributed by atoms with Crippen LogP contribution in [0.4, 0.5) is 11.4 Å². The summed E-state index contributed by atoms with van der Waals surface area (Å²) in [6, 6.07) is 13.7. The van der Waals surface area contributed by atoms with Gasteiger partial charge in [-0.3, -0.25) is 4.79 Å². The largest absolute Gasteiger partial charge is 0.495 e. The summed E-state index contributed by atoms with van der Waals surface area (Å²) in [6.45, 7) is 1.69. The lowest BCUT2D eigenvalue weighted by atomic mass is 10.0. The SMILES string of the molecule is COc1cc(OC)c(Cl)c(-c2ccc(C(N)=NC(=O)c3ccc(NCCN(C)C)cc3)c(N)c2)c1Cl. The summed E-state index contributed by atoms with van der Waals surface area (Å²) < 4.78 is 10.7. The first-order valence-corrected chi connectivity index (χ1v) is 11.8. The highest BCUT2D eigenvalue weighted by Gasteiger charge is 2.20. The minimum atomic E-state index is -0.473. The van der Waals surface area contributed by atoms with Gasteiger partial charge in [-0.2, -0.15) is 4.99 Å². The maximum Gasteiger partial charge on any atom is 0.278 e. The molecule has 0 aliphatic rings. The number of methoxy groups -OCH3 is 2. The first kappa shape index (κ1) is 27.1. The molecule has 0 fully saturated rings. The number of carbonyl (C=O) groups is 1. The van der Waals surface area contributed by atoms with E-state index in [1.807, 2.05) is 26.2 Å². The highest BCUT2D eigenvalue weighted by Crippen LogP contribution is 2.46. The van der Waals surface area contributed by atoms with Gasteiger partial charge in [0.2, 0.25) is 0 Å². The minimum Gasteiger partial charge on any atom is -0.495 e. The van der Waals surface area contributed by atoms with Crippen molar-refractivity contribution >= 4 is 46.3 Å². The van der Waals surface area contributed by atoms with E-state index < -0.39 is 5.91 Å². The Morgan fingerprint density at radius 3 is 2.14 bits per heavy atom. The number of amides is 1. The molecule has 0 saturated heterocycles. The number of nitrogens with two attached hydrogens (primary N) is 2. The number of nitrogens with zero attached hydrogens (tertiary/aromatic N) is 2. The van der Waals surface area contributed by atoms with Crippen LogP contribution < -0.4 is 26.3 Å². The quantitative estimate of drug-likeness (QED) is 0.207. The number of hydrogen-bond acceptors (Lipinski definition) is 6. The standard InChI is InChI=1S/C26H29Cl2N5O3/c1-33(2)12-11-31-17-8-5-15(6-9-17)26(34)32-25(30)18-10-7-16(13-19(18)29)22-23(27)20(35-3)14-21(36-4)24(22)28/h5-10,13-14,31H,11-12,29H2,1-4H3,(H2,30,32,34). The Morgan fingerprint density at radius 1 is 1.00 bits per heavy atom. The predicted octanol–water partition coefficient (Wildman–Crippen LogP) is 4.78. The lowest BCUT2D eigenvalue weighted by Crippen LogP contribution is -2.20. The second-order valence-corrected chi connectivity index (χ2v) is 8.95. The van der Waals surface area contributed by atoms with Gasteiger partial charge in [-0.05, 0) is 56.1 Å². The lowest BCUT2D eigenvalue weighted by molar-refractivity contribution is 0.100. The van der Waals surface area contributed by atoms with Gasteiger partial charge >= 0.3 is 0 Å². The first-order chi connectivity index (χ1) is 17.2. The van der Waals surface area contributed by atoms with Crippen LogP contribution in [0.3, 0.4) is 0 Å². The zero-order chi connectivity index (χ0) is 26.4. The lowest BCUT2D eigenvalue weighted by Gasteiger charge is -2.16. The molecule has 5 N–H and O–H groups in total. The number of hydrogen-bond donors (Lipinski definition) is 3. The molecule has 3 rings (SSSR count). The number of carbonyl (C=O) groups excluding carboxylic acids is 1. The third-order valence-electron chi connectivity index (χ3n) is 5.43. The molecule has 0 atom stereocenters. The summed E-state index contributed by atoms with van der Waals surface area (Å²) in [5.74, 6) is 0.333. The van der Waals surface area contributed by atoms with E-state index in [1.165, 1.54) is 14.2 Å². The molecule has 0 aliphatic heterocycles. The molecule has 8 nitrogen and oxygen atoms in total. The second kappa shape index (κ2) is 12.0. The Labute approximate surface area is 220 Å². The van der Waals surface area contributed by atoms with Crippen LogP contribution in [0.25, 0.3) is 11.1 Å². The van der Waals surface area contributed by atoms with E-state index in [0.29, 0.717) is 49.5 Å². The topological polar surface area (TPSA) is 115 Å². The molecule has 0 spiro atoms. The van der Waals surface area contributed by atoms with Gasteiger partial charge in [0.1, 0.15) is 17.3 Å². The molecule has 0 aromatic heterocycles. The minimum absolute atomic E-state index is 0.00217. The summed E-state index contributed by atoms with van der Waals surface area (Å²) in [5.41, 5.74) is 15.6. The van der Waals surface area contributed by atoms with Gasteiger partial charge in [0, 0.05) is 47.2 Å². The van der Waals surface area contributed by atoms with Crippen molar-refractivity contribution < 1.29 is 14.3 Å². The number of nitrogens with one attached hydrogen (secondary N) is 1. The monoisotopic (exact) mass is 529 g/mol. The number of rotatable bonds is 9. The molecule has 1 amide bonds. The van der Waals surface area contributed by atoms with Crippen LogP contribution in [0, 0.1) is 0 Å². The van der Waals surface area contributed by atoms with Crippen molar-refractivity contribution in [2.75, 3.05) is 52.5 Å². The molecular formula is C26H29Cl2N5O3. The Hall–Kier alpha value is -3.46. The summed E-state index contributed by atoms with van der Waals surface area (Å²) in [5, 5.41) is 3.92. The van der Waals surface area contributed by atoms with Crippen molar-refractivity contribution in [1.82, 2.24) is 4.90 Å². The number of anilines is 2. The van der Waals surface area contributed by atoms with E-state index >= 15 is 0 Å². The van der Waals surface area contributed by atoms with Gasteiger partial charge in [0.05, 0.1) is 24.3 Å².